The van der Waals surface area contributed by atoms with Crippen LogP contribution in [0.4, 0.5) is 0 Å². The van der Waals surface area contributed by atoms with Gasteiger partial charge in [0.2, 0.25) is 0 Å². The monoisotopic (exact) mass is 229 g/mol. The van der Waals surface area contributed by atoms with Gasteiger partial charge in [-0.1, -0.05) is 12.2 Å². The van der Waals surface area contributed by atoms with E-state index in [9.17, 15) is 14.4 Å². The summed E-state index contributed by atoms with van der Waals surface area (Å²) in [6.45, 7) is 1.73. The summed E-state index contributed by atoms with van der Waals surface area (Å²) in [4.78, 5) is 31.6. The lowest BCUT2D eigenvalue weighted by molar-refractivity contribution is -0.151. The average molecular weight is 229 g/mol. The van der Waals surface area contributed by atoms with E-state index in [1.54, 1.807) is 0 Å². The quantitative estimate of drug-likeness (QED) is 0.291. The minimum atomic E-state index is -1.62. The van der Waals surface area contributed by atoms with E-state index >= 15 is 0 Å². The number of hydrogen-bond donors (Lipinski definition) is 2. The van der Waals surface area contributed by atoms with Gasteiger partial charge in [0.15, 0.2) is 0 Å². The lowest BCUT2D eigenvalue weighted by atomic mass is 10.3. The summed E-state index contributed by atoms with van der Waals surface area (Å²) < 4.78 is 4.74. The maximum Gasteiger partial charge on any atom is 0.394 e. The van der Waals surface area contributed by atoms with Gasteiger partial charge >= 0.3 is 17.8 Å². The molecule has 90 valence electrons. The minimum absolute atomic E-state index is 0.256. The van der Waals surface area contributed by atoms with Crippen LogP contribution >= 0.6 is 0 Å². The molecule has 0 heterocycles. The van der Waals surface area contributed by atoms with Gasteiger partial charge in [-0.3, -0.25) is 9.59 Å². The van der Waals surface area contributed by atoms with Crippen molar-refractivity contribution in [2.75, 3.05) is 13.2 Å². The smallest absolute Gasteiger partial charge is 0.394 e. The summed E-state index contributed by atoms with van der Waals surface area (Å²) in [6, 6.07) is 0. The molecule has 0 aromatic carbocycles. The Morgan fingerprint density at radius 1 is 1.38 bits per heavy atom. The van der Waals surface area contributed by atoms with E-state index in [1.807, 2.05) is 24.4 Å². The Morgan fingerprint density at radius 3 is 2.62 bits per heavy atom. The molecule has 0 fully saturated rings. The molecule has 0 atom stereocenters. The normalized spacial score (nSPS) is 10.1. The number of carbonyl (C=O) groups excluding carboxylic acids is 2. The number of carboxylic acids is 1. The highest BCUT2D eigenvalue weighted by molar-refractivity contribution is 6.31. The second kappa shape index (κ2) is 8.46. The van der Waals surface area contributed by atoms with Crippen LogP contribution in [-0.2, 0) is 19.1 Å². The molecule has 0 aliphatic carbocycles. The zero-order chi connectivity index (χ0) is 12.4. The first-order valence-electron chi connectivity index (χ1n) is 4.85. The average Bonchev–Trinajstić information content (AvgIpc) is 2.25. The third kappa shape index (κ3) is 7.54. The van der Waals surface area contributed by atoms with Gasteiger partial charge in [-0.05, 0) is 19.8 Å². The largest absolute Gasteiger partial charge is 0.474 e. The molecule has 0 radical (unpaired) electrons. The van der Waals surface area contributed by atoms with Crippen molar-refractivity contribution in [3.63, 3.8) is 0 Å². The molecule has 1 amide bonds. The van der Waals surface area contributed by atoms with Crippen LogP contribution in [0.25, 0.3) is 0 Å². The third-order valence-corrected chi connectivity index (χ3v) is 1.60. The SMILES string of the molecule is CC=CCCCOC(=O)CNC(=O)C(=O)O. The van der Waals surface area contributed by atoms with Crippen molar-refractivity contribution in [2.45, 2.75) is 19.8 Å². The molecule has 0 aliphatic rings. The van der Waals surface area contributed by atoms with Crippen LogP contribution in [0.2, 0.25) is 0 Å². The molecule has 0 saturated carbocycles. The number of nitrogens with one attached hydrogen (secondary N) is 1. The summed E-state index contributed by atoms with van der Waals surface area (Å²) in [5.41, 5.74) is 0. The minimum Gasteiger partial charge on any atom is -0.474 e. The third-order valence-electron chi connectivity index (χ3n) is 1.60. The van der Waals surface area contributed by atoms with Gasteiger partial charge in [0.1, 0.15) is 6.54 Å². The molecule has 16 heavy (non-hydrogen) atoms. The van der Waals surface area contributed by atoms with Gasteiger partial charge in [-0.25, -0.2) is 4.79 Å². The van der Waals surface area contributed by atoms with E-state index in [-0.39, 0.29) is 6.61 Å². The molecule has 0 saturated heterocycles. The topological polar surface area (TPSA) is 92.7 Å². The Hall–Kier alpha value is -1.85. The molecule has 0 aromatic heterocycles. The summed E-state index contributed by atoms with van der Waals surface area (Å²) in [5.74, 6) is -3.48. The fourth-order valence-corrected chi connectivity index (χ4v) is 0.833. The van der Waals surface area contributed by atoms with Crippen LogP contribution < -0.4 is 5.32 Å². The van der Waals surface area contributed by atoms with Gasteiger partial charge in [-0.2, -0.15) is 0 Å². The number of allylic oxidation sites excluding steroid dienone is 2. The molecule has 0 aromatic rings. The van der Waals surface area contributed by atoms with Crippen LogP contribution in [0.3, 0.4) is 0 Å². The highest BCUT2D eigenvalue weighted by atomic mass is 16.5. The van der Waals surface area contributed by atoms with Crippen molar-refractivity contribution in [2.24, 2.45) is 0 Å². The predicted molar refractivity (Wildman–Crippen MR) is 55.7 cm³/mol. The number of carbonyl (C=O) groups is 3. The molecule has 6 heteroatoms. The van der Waals surface area contributed by atoms with Gasteiger partial charge < -0.3 is 15.2 Å². The second-order valence-electron chi connectivity index (χ2n) is 2.92. The number of esters is 1. The number of aliphatic carboxylic acids is 1. The van der Waals surface area contributed by atoms with Crippen molar-refractivity contribution in [3.8, 4) is 0 Å². The number of unbranched alkanes of at least 4 members (excludes halogenated alkanes) is 1. The Bertz CT molecular complexity index is 285. The van der Waals surface area contributed by atoms with Crippen molar-refractivity contribution in [1.29, 1.82) is 0 Å². The lowest BCUT2D eigenvalue weighted by Crippen LogP contribution is -2.35. The predicted octanol–water partition coefficient (Wildman–Crippen LogP) is 0.0867. The van der Waals surface area contributed by atoms with E-state index in [0.29, 0.717) is 6.42 Å². The first kappa shape index (κ1) is 14.2. The number of hydrogen-bond acceptors (Lipinski definition) is 4. The number of amides is 1. The molecular weight excluding hydrogens is 214 g/mol. The standard InChI is InChI=1S/C10H15NO5/c1-2-3-4-5-6-16-8(12)7-11-9(13)10(14)15/h2-3H,4-7H2,1H3,(H,11,13)(H,14,15). The van der Waals surface area contributed by atoms with Crippen LogP contribution in [0, 0.1) is 0 Å². The van der Waals surface area contributed by atoms with E-state index in [0.717, 1.165) is 6.42 Å². The maximum atomic E-state index is 11.0. The van der Waals surface area contributed by atoms with Gasteiger partial charge in [-0.15, -0.1) is 0 Å². The fourth-order valence-electron chi connectivity index (χ4n) is 0.833. The van der Waals surface area contributed by atoms with E-state index < -0.39 is 24.4 Å². The van der Waals surface area contributed by atoms with E-state index in [4.69, 9.17) is 9.84 Å². The van der Waals surface area contributed by atoms with Crippen molar-refractivity contribution >= 4 is 17.8 Å². The number of carboxylic acid groups (broad SMARTS) is 1. The van der Waals surface area contributed by atoms with Crippen molar-refractivity contribution < 1.29 is 24.2 Å². The molecule has 0 unspecified atom stereocenters. The summed E-state index contributed by atoms with van der Waals surface area (Å²) in [6.07, 6.45) is 5.35. The zero-order valence-corrected chi connectivity index (χ0v) is 9.06. The zero-order valence-electron chi connectivity index (χ0n) is 9.06. The molecule has 2 N–H and O–H groups in total. The summed E-state index contributed by atoms with van der Waals surface area (Å²) in [7, 11) is 0. The Kier molecular flexibility index (Phi) is 7.48. The van der Waals surface area contributed by atoms with E-state index in [2.05, 4.69) is 0 Å². The Balaban J connectivity index is 3.52. The highest BCUT2D eigenvalue weighted by Gasteiger charge is 2.12. The lowest BCUT2D eigenvalue weighted by Gasteiger charge is -2.03. The molecule has 0 rings (SSSR count). The van der Waals surface area contributed by atoms with E-state index in [1.165, 1.54) is 0 Å². The number of rotatable bonds is 6. The molecule has 0 bridgehead atoms. The molecule has 6 nitrogen and oxygen atoms in total. The Labute approximate surface area is 93.3 Å². The van der Waals surface area contributed by atoms with Crippen LogP contribution in [0.15, 0.2) is 12.2 Å². The second-order valence-corrected chi connectivity index (χ2v) is 2.92. The molecule has 0 aliphatic heterocycles. The molecular formula is C10H15NO5. The van der Waals surface area contributed by atoms with Crippen LogP contribution in [0.1, 0.15) is 19.8 Å². The number of ether oxygens (including phenoxy) is 1. The fraction of sp³-hybridized carbons (Fsp3) is 0.500. The van der Waals surface area contributed by atoms with Gasteiger partial charge in [0, 0.05) is 0 Å². The van der Waals surface area contributed by atoms with Crippen LogP contribution in [-0.4, -0.2) is 36.1 Å². The van der Waals surface area contributed by atoms with Crippen molar-refractivity contribution in [1.82, 2.24) is 5.32 Å². The molecule has 0 spiro atoms. The maximum absolute atomic E-state index is 11.0. The van der Waals surface area contributed by atoms with Crippen molar-refractivity contribution in [3.05, 3.63) is 12.2 Å². The first-order chi connectivity index (χ1) is 7.57. The first-order valence-corrected chi connectivity index (χ1v) is 4.85. The summed E-state index contributed by atoms with van der Waals surface area (Å²) in [5, 5.41) is 10.1. The Morgan fingerprint density at radius 2 is 2.06 bits per heavy atom. The van der Waals surface area contributed by atoms with Gasteiger partial charge in [0.25, 0.3) is 0 Å². The van der Waals surface area contributed by atoms with Crippen LogP contribution in [0.5, 0.6) is 0 Å². The van der Waals surface area contributed by atoms with Gasteiger partial charge in [0.05, 0.1) is 6.61 Å². The highest BCUT2D eigenvalue weighted by Crippen LogP contribution is 1.92. The summed E-state index contributed by atoms with van der Waals surface area (Å²) >= 11 is 0.